The Hall–Kier alpha value is -0.0800. The number of ether oxygens (including phenoxy) is 1. The summed E-state index contributed by atoms with van der Waals surface area (Å²) in [4.78, 5) is 0. The minimum atomic E-state index is 0.500. The molecule has 0 aliphatic heterocycles. The Morgan fingerprint density at radius 2 is 1.65 bits per heavy atom. The highest BCUT2D eigenvalue weighted by Crippen LogP contribution is 2.55. The van der Waals surface area contributed by atoms with Crippen molar-refractivity contribution in [2.45, 2.75) is 90.4 Å². The maximum absolute atomic E-state index is 6.64. The molecule has 3 aliphatic rings. The van der Waals surface area contributed by atoms with Crippen molar-refractivity contribution in [3.8, 4) is 0 Å². The van der Waals surface area contributed by atoms with E-state index >= 15 is 0 Å². The lowest BCUT2D eigenvalue weighted by Crippen LogP contribution is -2.63. The van der Waals surface area contributed by atoms with Gasteiger partial charge in [0.1, 0.15) is 0 Å². The molecule has 0 heterocycles. The Kier molecular flexibility index (Phi) is 4.42. The van der Waals surface area contributed by atoms with E-state index < -0.39 is 0 Å². The molecule has 2 heteroatoms. The van der Waals surface area contributed by atoms with Gasteiger partial charge in [-0.25, -0.2) is 0 Å². The third kappa shape index (κ3) is 2.66. The lowest BCUT2D eigenvalue weighted by Gasteiger charge is -2.55. The van der Waals surface area contributed by atoms with E-state index in [2.05, 4.69) is 26.1 Å². The summed E-state index contributed by atoms with van der Waals surface area (Å²) in [6, 6.07) is 0.735. The molecule has 20 heavy (non-hydrogen) atoms. The van der Waals surface area contributed by atoms with Gasteiger partial charge in [0.2, 0.25) is 0 Å². The third-order valence-electron chi connectivity index (χ3n) is 6.26. The first-order valence-electron chi connectivity index (χ1n) is 9.03. The molecule has 0 radical (unpaired) electrons. The van der Waals surface area contributed by atoms with Gasteiger partial charge in [0.05, 0.1) is 12.2 Å². The van der Waals surface area contributed by atoms with Gasteiger partial charge in [0.15, 0.2) is 0 Å². The largest absolute Gasteiger partial charge is 0.374 e. The van der Waals surface area contributed by atoms with Crippen LogP contribution in [0, 0.1) is 17.3 Å². The van der Waals surface area contributed by atoms with E-state index in [4.69, 9.17) is 4.74 Å². The molecular formula is C18H33NO. The van der Waals surface area contributed by atoms with Gasteiger partial charge >= 0.3 is 0 Å². The number of nitrogens with one attached hydrogen (secondary N) is 1. The molecule has 3 saturated carbocycles. The van der Waals surface area contributed by atoms with Crippen molar-refractivity contribution in [1.82, 2.24) is 5.32 Å². The maximum Gasteiger partial charge on any atom is 0.0665 e. The zero-order valence-corrected chi connectivity index (χ0v) is 13.7. The quantitative estimate of drug-likeness (QED) is 0.835. The van der Waals surface area contributed by atoms with Gasteiger partial charge in [-0.1, -0.05) is 33.6 Å². The molecule has 0 saturated heterocycles. The molecule has 2 nitrogen and oxygen atoms in total. The molecule has 0 aromatic rings. The third-order valence-corrected chi connectivity index (χ3v) is 6.26. The van der Waals surface area contributed by atoms with Crippen LogP contribution in [0.25, 0.3) is 0 Å². The van der Waals surface area contributed by atoms with E-state index in [0.717, 1.165) is 24.4 Å². The normalized spacial score (nSPS) is 43.6. The second kappa shape index (κ2) is 5.96. The second-order valence-corrected chi connectivity index (χ2v) is 7.95. The van der Waals surface area contributed by atoms with Gasteiger partial charge in [-0.2, -0.15) is 0 Å². The van der Waals surface area contributed by atoms with E-state index in [1.165, 1.54) is 51.4 Å². The molecule has 0 bridgehead atoms. The zero-order valence-electron chi connectivity index (χ0n) is 13.7. The highest BCUT2D eigenvalue weighted by Gasteiger charge is 2.56. The van der Waals surface area contributed by atoms with Crippen LogP contribution >= 0.6 is 0 Å². The second-order valence-electron chi connectivity index (χ2n) is 7.95. The van der Waals surface area contributed by atoms with Crippen LogP contribution in [-0.2, 0) is 4.74 Å². The first kappa shape index (κ1) is 14.8. The standard InChI is InChI=1S/C18H33NO/c1-4-19-16-12-17(18(16)7-5-6-8-18)20-15-10-13(2)9-14(3)11-15/h13-17,19H,4-12H2,1-3H3. The van der Waals surface area contributed by atoms with Crippen molar-refractivity contribution in [1.29, 1.82) is 0 Å². The van der Waals surface area contributed by atoms with Crippen molar-refractivity contribution in [2.24, 2.45) is 17.3 Å². The van der Waals surface area contributed by atoms with E-state index in [9.17, 15) is 0 Å². The van der Waals surface area contributed by atoms with E-state index in [-0.39, 0.29) is 0 Å². The lowest BCUT2D eigenvalue weighted by molar-refractivity contribution is -0.172. The van der Waals surface area contributed by atoms with E-state index in [0.29, 0.717) is 17.6 Å². The van der Waals surface area contributed by atoms with Crippen LogP contribution in [0.15, 0.2) is 0 Å². The molecule has 0 amide bonds. The Morgan fingerprint density at radius 1 is 1.00 bits per heavy atom. The molecule has 116 valence electrons. The first-order chi connectivity index (χ1) is 9.64. The van der Waals surface area contributed by atoms with Crippen molar-refractivity contribution in [2.75, 3.05) is 6.54 Å². The van der Waals surface area contributed by atoms with Crippen LogP contribution in [0.3, 0.4) is 0 Å². The topological polar surface area (TPSA) is 21.3 Å². The summed E-state index contributed by atoms with van der Waals surface area (Å²) < 4.78 is 6.64. The molecule has 0 aromatic carbocycles. The van der Waals surface area contributed by atoms with Crippen LogP contribution in [0.2, 0.25) is 0 Å². The summed E-state index contributed by atoms with van der Waals surface area (Å²) in [5.74, 6) is 1.71. The van der Waals surface area contributed by atoms with Gasteiger partial charge in [-0.3, -0.25) is 0 Å². The molecule has 3 rings (SSSR count). The van der Waals surface area contributed by atoms with E-state index in [1.807, 2.05) is 0 Å². The summed E-state index contributed by atoms with van der Waals surface area (Å²) in [5.41, 5.74) is 0.500. The van der Waals surface area contributed by atoms with Crippen LogP contribution in [0.1, 0.15) is 72.1 Å². The van der Waals surface area contributed by atoms with Crippen LogP contribution in [-0.4, -0.2) is 24.8 Å². The Balaban J connectivity index is 1.60. The van der Waals surface area contributed by atoms with Gasteiger partial charge in [-0.05, 0) is 56.9 Å². The number of hydrogen-bond donors (Lipinski definition) is 1. The predicted octanol–water partition coefficient (Wildman–Crippen LogP) is 4.14. The van der Waals surface area contributed by atoms with Gasteiger partial charge in [-0.15, -0.1) is 0 Å². The van der Waals surface area contributed by atoms with Crippen LogP contribution < -0.4 is 5.32 Å². The summed E-state index contributed by atoms with van der Waals surface area (Å²) in [7, 11) is 0. The fraction of sp³-hybridized carbons (Fsp3) is 1.00. The maximum atomic E-state index is 6.64. The van der Waals surface area contributed by atoms with Crippen molar-refractivity contribution < 1.29 is 4.74 Å². The lowest BCUT2D eigenvalue weighted by atomic mass is 9.60. The minimum Gasteiger partial charge on any atom is -0.374 e. The summed E-state index contributed by atoms with van der Waals surface area (Å²) in [5, 5.41) is 3.72. The first-order valence-corrected chi connectivity index (χ1v) is 9.03. The minimum absolute atomic E-state index is 0.500. The SMILES string of the molecule is CCNC1CC(OC2CC(C)CC(C)C2)C12CCCC2. The van der Waals surface area contributed by atoms with Gasteiger partial charge < -0.3 is 10.1 Å². The average Bonchev–Trinajstić information content (AvgIpc) is 2.88. The number of rotatable bonds is 4. The fourth-order valence-electron chi connectivity index (χ4n) is 5.39. The van der Waals surface area contributed by atoms with Crippen molar-refractivity contribution in [3.05, 3.63) is 0 Å². The van der Waals surface area contributed by atoms with Gasteiger partial charge in [0.25, 0.3) is 0 Å². The molecule has 4 unspecified atom stereocenters. The highest BCUT2D eigenvalue weighted by atomic mass is 16.5. The predicted molar refractivity (Wildman–Crippen MR) is 83.8 cm³/mol. The Bertz CT molecular complexity index is 313. The summed E-state index contributed by atoms with van der Waals surface area (Å²) >= 11 is 0. The van der Waals surface area contributed by atoms with Crippen molar-refractivity contribution >= 4 is 0 Å². The number of hydrogen-bond acceptors (Lipinski definition) is 2. The van der Waals surface area contributed by atoms with Crippen LogP contribution in [0.4, 0.5) is 0 Å². The molecule has 0 aromatic heterocycles. The van der Waals surface area contributed by atoms with Gasteiger partial charge in [0, 0.05) is 11.5 Å². The molecule has 4 atom stereocenters. The Labute approximate surface area is 125 Å². The smallest absolute Gasteiger partial charge is 0.0665 e. The van der Waals surface area contributed by atoms with E-state index in [1.54, 1.807) is 0 Å². The fourth-order valence-corrected chi connectivity index (χ4v) is 5.39. The molecule has 1 N–H and O–H groups in total. The highest BCUT2D eigenvalue weighted by molar-refractivity contribution is 5.10. The monoisotopic (exact) mass is 279 g/mol. The molecule has 1 spiro atoms. The molecule has 3 aliphatic carbocycles. The molecule has 3 fully saturated rings. The zero-order chi connectivity index (χ0) is 14.2. The Morgan fingerprint density at radius 3 is 2.25 bits per heavy atom. The van der Waals surface area contributed by atoms with Crippen molar-refractivity contribution in [3.63, 3.8) is 0 Å². The average molecular weight is 279 g/mol. The summed E-state index contributed by atoms with van der Waals surface area (Å²) in [6.45, 7) is 8.15. The molecular weight excluding hydrogens is 246 g/mol. The summed E-state index contributed by atoms with van der Waals surface area (Å²) in [6.07, 6.45) is 12.0. The van der Waals surface area contributed by atoms with Crippen LogP contribution in [0.5, 0.6) is 0 Å².